The Balaban J connectivity index is 1.79. The molecule has 29 heavy (non-hydrogen) atoms. The van der Waals surface area contributed by atoms with Crippen molar-refractivity contribution in [3.05, 3.63) is 53.3 Å². The maximum absolute atomic E-state index is 6.24. The summed E-state index contributed by atoms with van der Waals surface area (Å²) in [6, 6.07) is 11.9. The third-order valence-electron chi connectivity index (χ3n) is 5.88. The molecule has 1 aromatic carbocycles. The van der Waals surface area contributed by atoms with Gasteiger partial charge in [0.05, 0.1) is 30.6 Å². The minimum atomic E-state index is -0.565. The molecule has 1 saturated heterocycles. The first kappa shape index (κ1) is 21.8. The summed E-state index contributed by atoms with van der Waals surface area (Å²) in [5.41, 5.74) is 2.49. The van der Waals surface area contributed by atoms with Gasteiger partial charge in [-0.15, -0.1) is 0 Å². The number of hydrogen-bond donors (Lipinski definition) is 0. The summed E-state index contributed by atoms with van der Waals surface area (Å²) < 4.78 is 23.9. The first-order valence-corrected chi connectivity index (χ1v) is 10.1. The minimum absolute atomic E-state index is 0.380. The molecule has 1 aromatic heterocycles. The molecule has 0 amide bonds. The number of aromatic nitrogens is 1. The zero-order valence-corrected chi connectivity index (χ0v) is 18.8. The third-order valence-corrected chi connectivity index (χ3v) is 5.88. The molecule has 3 rings (SSSR count). The van der Waals surface area contributed by atoms with Gasteiger partial charge in [-0.2, -0.15) is 0 Å². The summed E-state index contributed by atoms with van der Waals surface area (Å²) in [6.07, 6.45) is 0. The van der Waals surface area contributed by atoms with Crippen LogP contribution in [0.15, 0.2) is 36.4 Å². The van der Waals surface area contributed by atoms with Crippen molar-refractivity contribution in [2.45, 2.75) is 71.9 Å². The van der Waals surface area contributed by atoms with Crippen LogP contribution in [0.1, 0.15) is 58.5 Å². The lowest BCUT2D eigenvalue weighted by Crippen LogP contribution is -2.41. The van der Waals surface area contributed by atoms with Crippen LogP contribution in [-0.4, -0.2) is 30.4 Å². The second kappa shape index (κ2) is 7.75. The second-order valence-corrected chi connectivity index (χ2v) is 9.16. The first-order valence-electron chi connectivity index (χ1n) is 10.1. The average molecular weight is 397 g/mol. The molecular weight excluding hydrogens is 365 g/mol. The fourth-order valence-corrected chi connectivity index (χ4v) is 3.18. The molecule has 6 heteroatoms. The SMILES string of the molecule is COc1ccc(COC(C)(C)c2cc(B3OC(C)(C)C(C)(C)O3)cc(C)n2)cc1. The second-order valence-electron chi connectivity index (χ2n) is 9.16. The van der Waals surface area contributed by atoms with Crippen molar-refractivity contribution in [2.75, 3.05) is 7.11 Å². The molecule has 2 heterocycles. The van der Waals surface area contributed by atoms with Crippen molar-refractivity contribution in [1.82, 2.24) is 4.98 Å². The van der Waals surface area contributed by atoms with E-state index in [-0.39, 0.29) is 11.2 Å². The number of methoxy groups -OCH3 is 1. The van der Waals surface area contributed by atoms with Crippen LogP contribution in [0.4, 0.5) is 0 Å². The van der Waals surface area contributed by atoms with E-state index in [1.165, 1.54) is 0 Å². The predicted octanol–water partition coefficient (Wildman–Crippen LogP) is 4.15. The summed E-state index contributed by atoms with van der Waals surface area (Å²) in [7, 11) is 1.24. The normalized spacial score (nSPS) is 18.1. The van der Waals surface area contributed by atoms with Crippen LogP contribution < -0.4 is 10.2 Å². The number of pyridine rings is 1. The summed E-state index contributed by atoms with van der Waals surface area (Å²) in [4.78, 5) is 4.73. The molecule has 2 aromatic rings. The van der Waals surface area contributed by atoms with Crippen LogP contribution in [0, 0.1) is 6.92 Å². The highest BCUT2D eigenvalue weighted by atomic mass is 16.7. The highest BCUT2D eigenvalue weighted by molar-refractivity contribution is 6.62. The number of ether oxygens (including phenoxy) is 2. The molecule has 156 valence electrons. The van der Waals surface area contributed by atoms with Gasteiger partial charge in [-0.25, -0.2) is 0 Å². The maximum Gasteiger partial charge on any atom is 0.494 e. The van der Waals surface area contributed by atoms with Gasteiger partial charge in [0, 0.05) is 5.69 Å². The largest absolute Gasteiger partial charge is 0.497 e. The van der Waals surface area contributed by atoms with Crippen LogP contribution in [0.25, 0.3) is 0 Å². The van der Waals surface area contributed by atoms with Crippen LogP contribution in [-0.2, 0) is 26.3 Å². The number of aryl methyl sites for hydroxylation is 1. The molecule has 0 bridgehead atoms. The van der Waals surface area contributed by atoms with E-state index in [0.717, 1.165) is 28.2 Å². The van der Waals surface area contributed by atoms with E-state index in [1.807, 2.05) is 57.2 Å². The van der Waals surface area contributed by atoms with Crippen molar-refractivity contribution < 1.29 is 18.8 Å². The summed E-state index contributed by atoms with van der Waals surface area (Å²) in [6.45, 7) is 14.8. The van der Waals surface area contributed by atoms with Crippen molar-refractivity contribution in [1.29, 1.82) is 0 Å². The Hall–Kier alpha value is -1.89. The Labute approximate surface area is 174 Å². The lowest BCUT2D eigenvalue weighted by molar-refractivity contribution is -0.0367. The Kier molecular flexibility index (Phi) is 5.83. The number of rotatable bonds is 6. The molecule has 1 fully saturated rings. The third kappa shape index (κ3) is 4.66. The van der Waals surface area contributed by atoms with Gasteiger partial charge in [-0.3, -0.25) is 4.98 Å². The Morgan fingerprint density at radius 2 is 1.59 bits per heavy atom. The van der Waals surface area contributed by atoms with Gasteiger partial charge >= 0.3 is 7.12 Å². The molecule has 0 saturated carbocycles. The van der Waals surface area contributed by atoms with E-state index in [4.69, 9.17) is 23.8 Å². The molecule has 0 unspecified atom stereocenters. The zero-order chi connectivity index (χ0) is 21.4. The molecule has 0 aliphatic carbocycles. The molecule has 0 atom stereocenters. The van der Waals surface area contributed by atoms with Gasteiger partial charge in [0.2, 0.25) is 0 Å². The van der Waals surface area contributed by atoms with E-state index in [0.29, 0.717) is 6.61 Å². The average Bonchev–Trinajstić information content (AvgIpc) is 2.87. The van der Waals surface area contributed by atoms with E-state index in [9.17, 15) is 0 Å². The number of hydrogen-bond acceptors (Lipinski definition) is 5. The standard InChI is InChI=1S/C23H32BNO4/c1-16-13-18(24-28-22(4,5)23(6,7)29-24)14-20(25-16)21(2,3)27-15-17-9-11-19(26-8)12-10-17/h9-14H,15H2,1-8H3. The lowest BCUT2D eigenvalue weighted by Gasteiger charge is -2.32. The smallest absolute Gasteiger partial charge is 0.494 e. The van der Waals surface area contributed by atoms with Crippen molar-refractivity contribution >= 4 is 12.6 Å². The monoisotopic (exact) mass is 397 g/mol. The first-order chi connectivity index (χ1) is 13.4. The van der Waals surface area contributed by atoms with Crippen LogP contribution >= 0.6 is 0 Å². The van der Waals surface area contributed by atoms with Gasteiger partial charge in [0.25, 0.3) is 0 Å². The number of benzene rings is 1. The Morgan fingerprint density at radius 3 is 2.14 bits per heavy atom. The van der Waals surface area contributed by atoms with Crippen molar-refractivity contribution in [2.24, 2.45) is 0 Å². The molecule has 0 radical (unpaired) electrons. The molecule has 1 aliphatic rings. The molecular formula is C23H32BNO4. The highest BCUT2D eigenvalue weighted by Gasteiger charge is 2.52. The fourth-order valence-electron chi connectivity index (χ4n) is 3.18. The molecule has 0 spiro atoms. The molecule has 0 N–H and O–H groups in total. The summed E-state index contributed by atoms with van der Waals surface area (Å²) in [5, 5.41) is 0. The maximum atomic E-state index is 6.24. The van der Waals surface area contributed by atoms with Gasteiger partial charge in [-0.1, -0.05) is 12.1 Å². The van der Waals surface area contributed by atoms with Crippen LogP contribution in [0.2, 0.25) is 0 Å². The van der Waals surface area contributed by atoms with Crippen molar-refractivity contribution in [3.8, 4) is 5.75 Å². The molecule has 1 aliphatic heterocycles. The fraction of sp³-hybridized carbons (Fsp3) is 0.522. The molecule has 5 nitrogen and oxygen atoms in total. The lowest BCUT2D eigenvalue weighted by atomic mass is 9.78. The van der Waals surface area contributed by atoms with Crippen LogP contribution in [0.5, 0.6) is 5.75 Å². The zero-order valence-electron chi connectivity index (χ0n) is 18.8. The topological polar surface area (TPSA) is 49.8 Å². The van der Waals surface area contributed by atoms with Crippen molar-refractivity contribution in [3.63, 3.8) is 0 Å². The van der Waals surface area contributed by atoms with Crippen LogP contribution in [0.3, 0.4) is 0 Å². The Bertz CT molecular complexity index is 846. The van der Waals surface area contributed by atoms with Gasteiger partial charge < -0.3 is 18.8 Å². The predicted molar refractivity (Wildman–Crippen MR) is 115 cm³/mol. The van der Waals surface area contributed by atoms with E-state index >= 15 is 0 Å². The quantitative estimate of drug-likeness (QED) is 0.686. The summed E-state index contributed by atoms with van der Waals surface area (Å²) >= 11 is 0. The van der Waals surface area contributed by atoms with Gasteiger partial charge in [-0.05, 0) is 83.8 Å². The Morgan fingerprint density at radius 1 is 1.00 bits per heavy atom. The highest BCUT2D eigenvalue weighted by Crippen LogP contribution is 2.36. The van der Waals surface area contributed by atoms with E-state index in [1.54, 1.807) is 7.11 Å². The summed E-state index contributed by atoms with van der Waals surface area (Å²) in [5.74, 6) is 0.834. The van der Waals surface area contributed by atoms with Gasteiger partial charge in [0.1, 0.15) is 11.4 Å². The van der Waals surface area contributed by atoms with E-state index < -0.39 is 12.7 Å². The van der Waals surface area contributed by atoms with Gasteiger partial charge in [0.15, 0.2) is 0 Å². The van der Waals surface area contributed by atoms with E-state index in [2.05, 4.69) is 27.7 Å². The number of nitrogens with zero attached hydrogens (tertiary/aromatic N) is 1. The minimum Gasteiger partial charge on any atom is -0.497 e.